The molecule has 1 aliphatic carbocycles. The Kier molecular flexibility index (Phi) is 5.51. The van der Waals surface area contributed by atoms with Crippen LogP contribution in [-0.4, -0.2) is 41.3 Å². The van der Waals surface area contributed by atoms with E-state index in [1.807, 2.05) is 18.2 Å². The number of allylic oxidation sites excluding steroid dienone is 2. The summed E-state index contributed by atoms with van der Waals surface area (Å²) in [5.74, 6) is -1.83. The number of thioether (sulfide) groups is 1. The van der Waals surface area contributed by atoms with Crippen LogP contribution in [-0.2, 0) is 4.79 Å². The molecule has 3 rings (SSSR count). The third-order valence-corrected chi connectivity index (χ3v) is 4.74. The zero-order chi connectivity index (χ0) is 19.4. The number of amides is 2. The first kappa shape index (κ1) is 18.6. The number of benzene rings is 1. The number of aromatic nitrogens is 1. The fraction of sp³-hybridized carbons (Fsp3) is 0.167. The Labute approximate surface area is 158 Å². The second-order valence-electron chi connectivity index (χ2n) is 5.53. The van der Waals surface area contributed by atoms with E-state index in [4.69, 9.17) is 4.52 Å². The smallest absolute Gasteiger partial charge is 0.274 e. The average Bonchev–Trinajstić information content (AvgIpc) is 3.12. The van der Waals surface area contributed by atoms with Gasteiger partial charge in [-0.1, -0.05) is 23.4 Å². The summed E-state index contributed by atoms with van der Waals surface area (Å²) in [5.41, 5.74) is 0.317. The summed E-state index contributed by atoms with van der Waals surface area (Å²) in [6, 6.07) is 9.00. The van der Waals surface area contributed by atoms with E-state index in [9.17, 15) is 19.2 Å². The van der Waals surface area contributed by atoms with Gasteiger partial charge in [-0.3, -0.25) is 19.2 Å². The molecule has 2 amide bonds. The Bertz CT molecular complexity index is 949. The number of para-hydroxylation sites is 1. The Morgan fingerprint density at radius 2 is 1.93 bits per heavy atom. The van der Waals surface area contributed by atoms with Crippen molar-refractivity contribution in [3.05, 3.63) is 58.3 Å². The lowest BCUT2D eigenvalue weighted by atomic mass is 10.00. The number of fused-ring (bicyclic) bond motifs is 1. The van der Waals surface area contributed by atoms with E-state index >= 15 is 0 Å². The fourth-order valence-electron chi connectivity index (χ4n) is 2.42. The van der Waals surface area contributed by atoms with Gasteiger partial charge in [0.2, 0.25) is 23.2 Å². The van der Waals surface area contributed by atoms with Gasteiger partial charge in [-0.25, -0.2) is 0 Å². The van der Waals surface area contributed by atoms with Crippen LogP contribution in [0.2, 0.25) is 0 Å². The van der Waals surface area contributed by atoms with E-state index in [-0.39, 0.29) is 34.3 Å². The molecule has 0 aliphatic heterocycles. The van der Waals surface area contributed by atoms with Crippen LogP contribution >= 0.6 is 11.8 Å². The predicted molar refractivity (Wildman–Crippen MR) is 98.8 cm³/mol. The zero-order valence-corrected chi connectivity index (χ0v) is 15.1. The highest BCUT2D eigenvalue weighted by atomic mass is 32.2. The number of nitrogens with zero attached hydrogens (tertiary/aromatic N) is 1. The normalized spacial score (nSPS) is 13.0. The molecule has 0 radical (unpaired) electrons. The van der Waals surface area contributed by atoms with Crippen LogP contribution in [0.1, 0.15) is 37.8 Å². The van der Waals surface area contributed by atoms with E-state index < -0.39 is 17.5 Å². The number of nitrogens with one attached hydrogen (secondary N) is 2. The van der Waals surface area contributed by atoms with Crippen molar-refractivity contribution in [2.45, 2.75) is 6.42 Å². The van der Waals surface area contributed by atoms with E-state index in [1.54, 1.807) is 12.1 Å². The van der Waals surface area contributed by atoms with Gasteiger partial charge >= 0.3 is 0 Å². The molecule has 0 bridgehead atoms. The molecule has 0 saturated carbocycles. The standard InChI is InChI=1S/C18H15N3O5S/c1-19-18(25)15-14-16(24)12(9-11(22)17(14)26-21-15)27-8-7-13(23)20-10-5-3-2-4-6-10/h2-6,9H,7-8H2,1H3,(H,19,25)(H,20,23). The molecule has 8 nitrogen and oxygen atoms in total. The Balaban J connectivity index is 1.64. The first-order valence-corrected chi connectivity index (χ1v) is 9.00. The number of hydrogen-bond donors (Lipinski definition) is 2. The molecule has 0 fully saturated rings. The maximum absolute atomic E-state index is 12.6. The van der Waals surface area contributed by atoms with Gasteiger partial charge in [0.1, 0.15) is 5.56 Å². The Morgan fingerprint density at radius 1 is 1.19 bits per heavy atom. The number of hydrogen-bond acceptors (Lipinski definition) is 7. The minimum absolute atomic E-state index is 0.141. The SMILES string of the molecule is CNC(=O)c1noc2c1C(=O)C(SCCC(=O)Nc1ccccc1)=CC2=O. The molecule has 0 atom stereocenters. The van der Waals surface area contributed by atoms with Crippen molar-refractivity contribution in [3.8, 4) is 0 Å². The maximum Gasteiger partial charge on any atom is 0.274 e. The van der Waals surface area contributed by atoms with E-state index in [0.29, 0.717) is 11.4 Å². The molecular weight excluding hydrogens is 370 g/mol. The second kappa shape index (κ2) is 8.00. The van der Waals surface area contributed by atoms with Gasteiger partial charge in [0.05, 0.1) is 4.91 Å². The molecule has 1 aromatic carbocycles. The summed E-state index contributed by atoms with van der Waals surface area (Å²) in [4.78, 5) is 48.6. The molecule has 1 aliphatic rings. The fourth-order valence-corrected chi connectivity index (χ4v) is 3.35. The summed E-state index contributed by atoms with van der Waals surface area (Å²) in [7, 11) is 1.38. The number of Topliss-reactive ketones (excluding diaryl/α,β-unsaturated/α-hetero) is 1. The van der Waals surface area contributed by atoms with Crippen LogP contribution in [0, 0.1) is 0 Å². The molecule has 9 heteroatoms. The van der Waals surface area contributed by atoms with Gasteiger partial charge in [0.15, 0.2) is 5.69 Å². The number of ketones is 2. The summed E-state index contributed by atoms with van der Waals surface area (Å²) >= 11 is 1.07. The number of rotatable bonds is 6. The quantitative estimate of drug-likeness (QED) is 0.781. The highest BCUT2D eigenvalue weighted by Gasteiger charge is 2.35. The molecule has 1 aromatic heterocycles. The lowest BCUT2D eigenvalue weighted by molar-refractivity contribution is -0.115. The van der Waals surface area contributed by atoms with E-state index in [1.165, 1.54) is 7.05 Å². The van der Waals surface area contributed by atoms with Crippen LogP contribution in [0.3, 0.4) is 0 Å². The lowest BCUT2D eigenvalue weighted by Crippen LogP contribution is -2.23. The molecule has 2 aromatic rings. The first-order chi connectivity index (χ1) is 13.0. The number of anilines is 1. The Hall–Kier alpha value is -3.20. The van der Waals surface area contributed by atoms with Crippen molar-refractivity contribution in [2.24, 2.45) is 0 Å². The molecule has 0 spiro atoms. The molecular formula is C18H15N3O5S. The van der Waals surface area contributed by atoms with Gasteiger partial charge in [0.25, 0.3) is 5.91 Å². The minimum Gasteiger partial charge on any atom is -0.354 e. The van der Waals surface area contributed by atoms with Crippen molar-refractivity contribution in [1.29, 1.82) is 0 Å². The highest BCUT2D eigenvalue weighted by Crippen LogP contribution is 2.30. The maximum atomic E-state index is 12.6. The van der Waals surface area contributed by atoms with Crippen LogP contribution < -0.4 is 10.6 Å². The van der Waals surface area contributed by atoms with E-state index in [0.717, 1.165) is 17.8 Å². The van der Waals surface area contributed by atoms with Gasteiger partial charge < -0.3 is 15.2 Å². The van der Waals surface area contributed by atoms with Crippen LogP contribution in [0.25, 0.3) is 0 Å². The van der Waals surface area contributed by atoms with Crippen LogP contribution in [0.15, 0.2) is 45.8 Å². The lowest BCUT2D eigenvalue weighted by Gasteiger charge is -2.10. The van der Waals surface area contributed by atoms with Crippen molar-refractivity contribution >= 4 is 40.8 Å². The summed E-state index contributed by atoms with van der Waals surface area (Å²) in [6.45, 7) is 0. The van der Waals surface area contributed by atoms with Gasteiger partial charge in [-0.05, 0) is 12.1 Å². The number of carbonyl (C=O) groups excluding carboxylic acids is 4. The summed E-state index contributed by atoms with van der Waals surface area (Å²) in [5, 5.41) is 8.61. The molecule has 27 heavy (non-hydrogen) atoms. The highest BCUT2D eigenvalue weighted by molar-refractivity contribution is 8.04. The predicted octanol–water partition coefficient (Wildman–Crippen LogP) is 2.06. The van der Waals surface area contributed by atoms with Crippen molar-refractivity contribution < 1.29 is 23.7 Å². The largest absolute Gasteiger partial charge is 0.354 e. The monoisotopic (exact) mass is 385 g/mol. The van der Waals surface area contributed by atoms with Gasteiger partial charge in [0, 0.05) is 31.0 Å². The third kappa shape index (κ3) is 3.98. The summed E-state index contributed by atoms with van der Waals surface area (Å²) in [6.07, 6.45) is 1.29. The van der Waals surface area contributed by atoms with E-state index in [2.05, 4.69) is 15.8 Å². The molecule has 2 N–H and O–H groups in total. The topological polar surface area (TPSA) is 118 Å². The second-order valence-corrected chi connectivity index (χ2v) is 6.67. The van der Waals surface area contributed by atoms with Gasteiger partial charge in [-0.2, -0.15) is 0 Å². The van der Waals surface area contributed by atoms with Crippen LogP contribution in [0.5, 0.6) is 0 Å². The van der Waals surface area contributed by atoms with Crippen molar-refractivity contribution in [1.82, 2.24) is 10.5 Å². The molecule has 0 unspecified atom stereocenters. The van der Waals surface area contributed by atoms with Crippen molar-refractivity contribution in [2.75, 3.05) is 18.1 Å². The molecule has 0 saturated heterocycles. The first-order valence-electron chi connectivity index (χ1n) is 8.01. The summed E-state index contributed by atoms with van der Waals surface area (Å²) < 4.78 is 4.85. The zero-order valence-electron chi connectivity index (χ0n) is 14.3. The molecule has 138 valence electrons. The Morgan fingerprint density at radius 3 is 2.63 bits per heavy atom. The average molecular weight is 385 g/mol. The third-order valence-electron chi connectivity index (χ3n) is 3.72. The molecule has 1 heterocycles. The minimum atomic E-state index is -0.616. The van der Waals surface area contributed by atoms with Gasteiger partial charge in [-0.15, -0.1) is 11.8 Å². The van der Waals surface area contributed by atoms with Crippen LogP contribution in [0.4, 0.5) is 5.69 Å². The van der Waals surface area contributed by atoms with Crippen molar-refractivity contribution in [3.63, 3.8) is 0 Å². The number of carbonyl (C=O) groups is 4.